The summed E-state index contributed by atoms with van der Waals surface area (Å²) in [7, 11) is 0. The van der Waals surface area contributed by atoms with Crippen LogP contribution in [-0.4, -0.2) is 12.6 Å². The van der Waals surface area contributed by atoms with Gasteiger partial charge >= 0.3 is 6.18 Å². The van der Waals surface area contributed by atoms with E-state index in [4.69, 9.17) is 10.5 Å². The van der Waals surface area contributed by atoms with Gasteiger partial charge in [-0.25, -0.2) is 0 Å². The Balaban J connectivity index is 3.02. The molecule has 5 heteroatoms. The molecule has 0 saturated carbocycles. The fourth-order valence-electron chi connectivity index (χ4n) is 1.89. The van der Waals surface area contributed by atoms with E-state index in [2.05, 4.69) is 0 Å². The summed E-state index contributed by atoms with van der Waals surface area (Å²) in [5.74, 6) is 0.0242. The molecule has 1 rings (SSSR count). The van der Waals surface area contributed by atoms with E-state index in [9.17, 15) is 13.2 Å². The first kappa shape index (κ1) is 18.0. The Kier molecular flexibility index (Phi) is 6.23. The molecule has 0 aromatic heterocycles. The Bertz CT molecular complexity index is 457. The quantitative estimate of drug-likeness (QED) is 0.830. The molecule has 0 spiro atoms. The number of ether oxygens (including phenoxy) is 1. The van der Waals surface area contributed by atoms with Gasteiger partial charge in [0.15, 0.2) is 0 Å². The Hall–Kier alpha value is -1.07. The highest BCUT2D eigenvalue weighted by atomic mass is 19.4. The lowest BCUT2D eigenvalue weighted by Crippen LogP contribution is -2.25. The average molecular weight is 303 g/mol. The zero-order valence-corrected chi connectivity index (χ0v) is 13.0. The lowest BCUT2D eigenvalue weighted by Gasteiger charge is -2.20. The second-order valence-corrected chi connectivity index (χ2v) is 5.68. The smallest absolute Gasteiger partial charge is 0.372 e. The molecule has 2 atom stereocenters. The second-order valence-electron chi connectivity index (χ2n) is 5.68. The fraction of sp³-hybridized carbons (Fsp3) is 0.625. The normalized spacial score (nSPS) is 15.3. The average Bonchev–Trinajstić information content (AvgIpc) is 2.42. The summed E-state index contributed by atoms with van der Waals surface area (Å²) in [5, 5.41) is 0. The number of halogens is 3. The van der Waals surface area contributed by atoms with E-state index in [1.807, 2.05) is 20.8 Å². The number of benzene rings is 1. The van der Waals surface area contributed by atoms with Crippen LogP contribution >= 0.6 is 0 Å². The molecule has 0 aliphatic rings. The molecule has 0 aliphatic heterocycles. The summed E-state index contributed by atoms with van der Waals surface area (Å²) in [6, 6.07) is 4.05. The first-order chi connectivity index (χ1) is 9.65. The maximum atomic E-state index is 13.0. The fourth-order valence-corrected chi connectivity index (χ4v) is 1.89. The molecule has 2 unspecified atom stereocenters. The largest absolute Gasteiger partial charge is 0.416 e. The van der Waals surface area contributed by atoms with Gasteiger partial charge in [0.1, 0.15) is 0 Å². The molecule has 2 N–H and O–H groups in total. The van der Waals surface area contributed by atoms with Gasteiger partial charge < -0.3 is 10.5 Å². The molecule has 120 valence electrons. The topological polar surface area (TPSA) is 35.2 Å². The van der Waals surface area contributed by atoms with E-state index >= 15 is 0 Å². The molecule has 0 bridgehead atoms. The summed E-state index contributed by atoms with van der Waals surface area (Å²) in [5.41, 5.74) is 6.35. The van der Waals surface area contributed by atoms with Crippen molar-refractivity contribution in [3.8, 4) is 0 Å². The minimum absolute atomic E-state index is 0.0242. The molecular weight excluding hydrogens is 279 g/mol. The van der Waals surface area contributed by atoms with E-state index < -0.39 is 17.8 Å². The SMILES string of the molecule is CCC(N)COC(C)c1cc(C(C)C)cc(C(F)(F)F)c1. The number of alkyl halides is 3. The van der Waals surface area contributed by atoms with Crippen LogP contribution in [0.25, 0.3) is 0 Å². The maximum Gasteiger partial charge on any atom is 0.416 e. The minimum atomic E-state index is -4.35. The third-order valence-corrected chi connectivity index (χ3v) is 3.53. The highest BCUT2D eigenvalue weighted by Gasteiger charge is 2.31. The van der Waals surface area contributed by atoms with Crippen molar-refractivity contribution in [2.75, 3.05) is 6.61 Å². The van der Waals surface area contributed by atoms with Crippen molar-refractivity contribution >= 4 is 0 Å². The number of hydrogen-bond acceptors (Lipinski definition) is 2. The highest BCUT2D eigenvalue weighted by Crippen LogP contribution is 2.34. The predicted octanol–water partition coefficient (Wildman–Crippen LogP) is 4.64. The van der Waals surface area contributed by atoms with Crippen molar-refractivity contribution in [3.63, 3.8) is 0 Å². The van der Waals surface area contributed by atoms with Crippen LogP contribution in [0.5, 0.6) is 0 Å². The van der Waals surface area contributed by atoms with E-state index in [1.165, 1.54) is 6.07 Å². The van der Waals surface area contributed by atoms with Gasteiger partial charge in [0.2, 0.25) is 0 Å². The van der Waals surface area contributed by atoms with Gasteiger partial charge in [-0.3, -0.25) is 0 Å². The van der Waals surface area contributed by atoms with Crippen LogP contribution in [0.15, 0.2) is 18.2 Å². The van der Waals surface area contributed by atoms with E-state index in [1.54, 1.807) is 13.0 Å². The van der Waals surface area contributed by atoms with Crippen LogP contribution in [0.2, 0.25) is 0 Å². The van der Waals surface area contributed by atoms with Gasteiger partial charge in [0.05, 0.1) is 18.3 Å². The van der Waals surface area contributed by atoms with Crippen LogP contribution in [-0.2, 0) is 10.9 Å². The molecule has 0 fully saturated rings. The number of rotatable bonds is 6. The van der Waals surface area contributed by atoms with Gasteiger partial charge in [0.25, 0.3) is 0 Å². The molecule has 0 saturated heterocycles. The zero-order valence-electron chi connectivity index (χ0n) is 13.0. The van der Waals surface area contributed by atoms with Gasteiger partial charge in [-0.2, -0.15) is 13.2 Å². The number of hydrogen-bond donors (Lipinski definition) is 1. The Labute approximate surface area is 124 Å². The second kappa shape index (κ2) is 7.27. The van der Waals surface area contributed by atoms with Crippen LogP contribution in [0.1, 0.15) is 62.8 Å². The molecule has 0 radical (unpaired) electrons. The minimum Gasteiger partial charge on any atom is -0.372 e. The Morgan fingerprint density at radius 3 is 2.14 bits per heavy atom. The first-order valence-corrected chi connectivity index (χ1v) is 7.24. The molecule has 21 heavy (non-hydrogen) atoms. The van der Waals surface area contributed by atoms with Crippen molar-refractivity contribution < 1.29 is 17.9 Å². The van der Waals surface area contributed by atoms with Crippen molar-refractivity contribution in [1.29, 1.82) is 0 Å². The molecule has 0 heterocycles. The van der Waals surface area contributed by atoms with Gasteiger partial charge in [0, 0.05) is 6.04 Å². The van der Waals surface area contributed by atoms with Crippen molar-refractivity contribution in [2.45, 2.75) is 58.4 Å². The van der Waals surface area contributed by atoms with Gasteiger partial charge in [-0.15, -0.1) is 0 Å². The standard InChI is InChI=1S/C16H24F3NO/c1-5-15(20)9-21-11(4)13-6-12(10(2)3)7-14(8-13)16(17,18)19/h6-8,10-11,15H,5,9,20H2,1-4H3. The predicted molar refractivity (Wildman–Crippen MR) is 78.2 cm³/mol. The summed E-state index contributed by atoms with van der Waals surface area (Å²) in [4.78, 5) is 0. The van der Waals surface area contributed by atoms with E-state index in [0.29, 0.717) is 17.7 Å². The van der Waals surface area contributed by atoms with Crippen molar-refractivity contribution in [1.82, 2.24) is 0 Å². The maximum absolute atomic E-state index is 13.0. The molecule has 2 nitrogen and oxygen atoms in total. The van der Waals surface area contributed by atoms with Crippen LogP contribution in [0.3, 0.4) is 0 Å². The van der Waals surface area contributed by atoms with Crippen LogP contribution in [0, 0.1) is 0 Å². The lowest BCUT2D eigenvalue weighted by atomic mass is 9.95. The first-order valence-electron chi connectivity index (χ1n) is 7.24. The summed E-state index contributed by atoms with van der Waals surface area (Å²) in [6.45, 7) is 7.78. The van der Waals surface area contributed by atoms with Crippen LogP contribution in [0.4, 0.5) is 13.2 Å². The summed E-state index contributed by atoms with van der Waals surface area (Å²) < 4.78 is 44.5. The van der Waals surface area contributed by atoms with Gasteiger partial charge in [-0.1, -0.05) is 26.8 Å². The van der Waals surface area contributed by atoms with Crippen molar-refractivity contribution in [2.24, 2.45) is 5.73 Å². The molecule has 1 aromatic carbocycles. The zero-order chi connectivity index (χ0) is 16.2. The van der Waals surface area contributed by atoms with Crippen molar-refractivity contribution in [3.05, 3.63) is 34.9 Å². The molecular formula is C16H24F3NO. The number of nitrogens with two attached hydrogens (primary N) is 1. The molecule has 0 amide bonds. The molecule has 1 aromatic rings. The van der Waals surface area contributed by atoms with Gasteiger partial charge in [-0.05, 0) is 42.5 Å². The van der Waals surface area contributed by atoms with Crippen LogP contribution < -0.4 is 5.73 Å². The monoisotopic (exact) mass is 303 g/mol. The lowest BCUT2D eigenvalue weighted by molar-refractivity contribution is -0.137. The van der Waals surface area contributed by atoms with E-state index in [-0.39, 0.29) is 12.0 Å². The third-order valence-electron chi connectivity index (χ3n) is 3.53. The highest BCUT2D eigenvalue weighted by molar-refractivity contribution is 5.34. The third kappa shape index (κ3) is 5.32. The Morgan fingerprint density at radius 2 is 1.67 bits per heavy atom. The van der Waals surface area contributed by atoms with E-state index in [0.717, 1.165) is 12.5 Å². The molecule has 0 aliphatic carbocycles. The summed E-state index contributed by atoms with van der Waals surface area (Å²) >= 11 is 0. The summed E-state index contributed by atoms with van der Waals surface area (Å²) in [6.07, 6.45) is -3.99. The Morgan fingerprint density at radius 1 is 1.10 bits per heavy atom.